The smallest absolute Gasteiger partial charge is 0.249 e. The number of rotatable bonds is 63. The SMILES string of the molecule is CCCCCCCCCCCCCCCCCCCC/C=C/CC/C=C/CCCC(O)C(O)C(CO)NC(=O)C(O)CCCCCCCCCCCCCCCCCCCCCCCCCCCCCCCCC. The fourth-order valence-electron chi connectivity index (χ4n) is 10.9. The zero-order valence-electron chi connectivity index (χ0n) is 50.1. The molecule has 4 atom stereocenters. The molecule has 1 amide bonds. The Hall–Kier alpha value is -1.21. The molecular weight excluding hydrogens is 911 g/mol. The summed E-state index contributed by atoms with van der Waals surface area (Å²) in [6.45, 7) is 4.10. The van der Waals surface area contributed by atoms with Crippen molar-refractivity contribution in [2.75, 3.05) is 6.61 Å². The maximum atomic E-state index is 12.6. The number of hydrogen-bond donors (Lipinski definition) is 5. The van der Waals surface area contributed by atoms with Gasteiger partial charge in [-0.2, -0.15) is 0 Å². The molecule has 0 aliphatic heterocycles. The molecule has 0 aromatic carbocycles. The lowest BCUT2D eigenvalue weighted by atomic mass is 10.00. The van der Waals surface area contributed by atoms with E-state index in [9.17, 15) is 25.2 Å². The Morgan fingerprint density at radius 1 is 0.324 bits per heavy atom. The lowest BCUT2D eigenvalue weighted by Crippen LogP contribution is -2.53. The van der Waals surface area contributed by atoms with Crippen molar-refractivity contribution in [1.82, 2.24) is 5.32 Å². The Morgan fingerprint density at radius 2 is 0.568 bits per heavy atom. The predicted molar refractivity (Wildman–Crippen MR) is 325 cm³/mol. The summed E-state index contributed by atoms with van der Waals surface area (Å²) >= 11 is 0. The van der Waals surface area contributed by atoms with E-state index < -0.39 is 36.9 Å². The average molecular weight is 1040 g/mol. The van der Waals surface area contributed by atoms with E-state index >= 15 is 0 Å². The third-order valence-corrected chi connectivity index (χ3v) is 16.1. The van der Waals surface area contributed by atoms with Crippen LogP contribution in [0.4, 0.5) is 0 Å². The van der Waals surface area contributed by atoms with Crippen molar-refractivity contribution < 1.29 is 25.2 Å². The van der Waals surface area contributed by atoms with Gasteiger partial charge in [0.25, 0.3) is 0 Å². The molecule has 0 aliphatic rings. The van der Waals surface area contributed by atoms with Crippen LogP contribution in [0.25, 0.3) is 0 Å². The number of carbonyl (C=O) groups is 1. The quantitative estimate of drug-likeness (QED) is 0.0308. The third kappa shape index (κ3) is 55.5. The van der Waals surface area contributed by atoms with Crippen molar-refractivity contribution in [1.29, 1.82) is 0 Å². The molecule has 440 valence electrons. The highest BCUT2D eigenvalue weighted by Gasteiger charge is 2.28. The average Bonchev–Trinajstić information content (AvgIpc) is 3.41. The molecular formula is C68H133NO5. The molecule has 0 heterocycles. The summed E-state index contributed by atoms with van der Waals surface area (Å²) < 4.78 is 0. The molecule has 6 heteroatoms. The summed E-state index contributed by atoms with van der Waals surface area (Å²) in [7, 11) is 0. The first-order chi connectivity index (χ1) is 36.5. The van der Waals surface area contributed by atoms with Crippen LogP contribution in [-0.2, 0) is 4.79 Å². The van der Waals surface area contributed by atoms with Gasteiger partial charge in [-0.1, -0.05) is 346 Å². The molecule has 0 rings (SSSR count). The van der Waals surface area contributed by atoms with Gasteiger partial charge in [0.2, 0.25) is 5.91 Å². The molecule has 0 aromatic rings. The van der Waals surface area contributed by atoms with Crippen molar-refractivity contribution in [2.24, 2.45) is 0 Å². The van der Waals surface area contributed by atoms with Gasteiger partial charge >= 0.3 is 0 Å². The van der Waals surface area contributed by atoms with Gasteiger partial charge in [0, 0.05) is 0 Å². The van der Waals surface area contributed by atoms with E-state index in [0.717, 1.165) is 38.5 Å². The van der Waals surface area contributed by atoms with E-state index in [1.165, 1.54) is 302 Å². The van der Waals surface area contributed by atoms with Crippen molar-refractivity contribution in [3.63, 3.8) is 0 Å². The van der Waals surface area contributed by atoms with Crippen molar-refractivity contribution >= 4 is 5.91 Å². The van der Waals surface area contributed by atoms with Crippen molar-refractivity contribution in [3.8, 4) is 0 Å². The van der Waals surface area contributed by atoms with Gasteiger partial charge in [-0.3, -0.25) is 4.79 Å². The highest BCUT2D eigenvalue weighted by Crippen LogP contribution is 2.19. The highest BCUT2D eigenvalue weighted by atomic mass is 16.3. The molecule has 6 nitrogen and oxygen atoms in total. The van der Waals surface area contributed by atoms with Gasteiger partial charge in [0.1, 0.15) is 12.2 Å². The Kier molecular flexibility index (Phi) is 61.6. The van der Waals surface area contributed by atoms with Crippen LogP contribution < -0.4 is 5.32 Å². The molecule has 0 fully saturated rings. The molecule has 0 aromatic heterocycles. The Morgan fingerprint density at radius 3 is 0.851 bits per heavy atom. The van der Waals surface area contributed by atoms with E-state index in [4.69, 9.17) is 0 Å². The van der Waals surface area contributed by atoms with Gasteiger partial charge < -0.3 is 25.7 Å². The Bertz CT molecular complexity index is 1130. The van der Waals surface area contributed by atoms with Gasteiger partial charge in [-0.05, 0) is 51.4 Å². The van der Waals surface area contributed by atoms with E-state index in [1.54, 1.807) is 0 Å². The summed E-state index contributed by atoms with van der Waals surface area (Å²) in [5.41, 5.74) is 0. The first-order valence-electron chi connectivity index (χ1n) is 33.7. The van der Waals surface area contributed by atoms with Crippen LogP contribution in [0.3, 0.4) is 0 Å². The summed E-state index contributed by atoms with van der Waals surface area (Å²) in [4.78, 5) is 12.6. The van der Waals surface area contributed by atoms with Crippen molar-refractivity contribution in [2.45, 2.75) is 398 Å². The maximum Gasteiger partial charge on any atom is 0.249 e. The molecule has 0 saturated carbocycles. The zero-order chi connectivity index (χ0) is 53.7. The maximum absolute atomic E-state index is 12.6. The van der Waals surface area contributed by atoms with Crippen molar-refractivity contribution in [3.05, 3.63) is 24.3 Å². The second-order valence-corrected chi connectivity index (χ2v) is 23.5. The zero-order valence-corrected chi connectivity index (χ0v) is 50.1. The molecule has 0 bridgehead atoms. The summed E-state index contributed by atoms with van der Waals surface area (Å²) in [5.74, 6) is -0.590. The van der Waals surface area contributed by atoms with Gasteiger partial charge in [0.15, 0.2) is 0 Å². The number of carbonyl (C=O) groups excluding carboxylic acids is 1. The fraction of sp³-hybridized carbons (Fsp3) is 0.926. The number of nitrogens with one attached hydrogen (secondary N) is 1. The second kappa shape index (κ2) is 62.6. The number of unbranched alkanes of at least 4 members (excludes halogenated alkanes) is 50. The van der Waals surface area contributed by atoms with E-state index in [-0.39, 0.29) is 0 Å². The lowest BCUT2D eigenvalue weighted by Gasteiger charge is -2.27. The minimum Gasteiger partial charge on any atom is -0.394 e. The lowest BCUT2D eigenvalue weighted by molar-refractivity contribution is -0.132. The molecule has 0 aliphatic carbocycles. The number of amides is 1. The van der Waals surface area contributed by atoms with E-state index in [1.807, 2.05) is 0 Å². The largest absolute Gasteiger partial charge is 0.394 e. The van der Waals surface area contributed by atoms with Gasteiger partial charge in [-0.25, -0.2) is 0 Å². The summed E-state index contributed by atoms with van der Waals surface area (Å²) in [6, 6.07) is -1.01. The predicted octanol–water partition coefficient (Wildman–Crippen LogP) is 20.5. The third-order valence-electron chi connectivity index (χ3n) is 16.1. The van der Waals surface area contributed by atoms with Crippen LogP contribution in [0.5, 0.6) is 0 Å². The fourth-order valence-corrected chi connectivity index (χ4v) is 10.9. The summed E-state index contributed by atoms with van der Waals surface area (Å²) in [6.07, 6.45) is 78.7. The number of hydrogen-bond acceptors (Lipinski definition) is 5. The van der Waals surface area contributed by atoms with Crippen LogP contribution in [0.1, 0.15) is 373 Å². The minimum atomic E-state index is -1.29. The van der Waals surface area contributed by atoms with Crippen LogP contribution in [0.15, 0.2) is 24.3 Å². The number of aliphatic hydroxyl groups is 4. The topological polar surface area (TPSA) is 110 Å². The first kappa shape index (κ1) is 72.8. The van der Waals surface area contributed by atoms with Crippen LogP contribution >= 0.6 is 0 Å². The number of aliphatic hydroxyl groups excluding tert-OH is 4. The first-order valence-corrected chi connectivity index (χ1v) is 33.7. The minimum absolute atomic E-state index is 0.365. The normalized spacial score (nSPS) is 13.6. The molecule has 5 N–H and O–H groups in total. The Labute approximate surface area is 463 Å². The molecule has 74 heavy (non-hydrogen) atoms. The standard InChI is InChI=1S/C68H133NO5/c1-3-5-7-9-11-13-15-17-19-21-23-25-27-29-31-32-33-34-36-38-40-42-44-46-48-50-52-54-56-58-60-62-66(72)68(74)69-64(63-70)67(73)65(71)61-59-57-55-53-51-49-47-45-43-41-39-37-35-30-28-26-24-22-20-18-16-14-12-10-8-6-4-2/h45,47,53,55,64-67,70-73H,3-44,46,48-52,54,56-63H2,1-2H3,(H,69,74)/b47-45+,55-53+. The van der Waals surface area contributed by atoms with E-state index in [2.05, 4.69) is 43.5 Å². The molecule has 0 radical (unpaired) electrons. The second-order valence-electron chi connectivity index (χ2n) is 23.5. The van der Waals surface area contributed by atoms with E-state index in [0.29, 0.717) is 19.3 Å². The van der Waals surface area contributed by atoms with Crippen LogP contribution in [-0.4, -0.2) is 57.3 Å². The van der Waals surface area contributed by atoms with Crippen LogP contribution in [0.2, 0.25) is 0 Å². The molecule has 0 spiro atoms. The van der Waals surface area contributed by atoms with Gasteiger partial charge in [-0.15, -0.1) is 0 Å². The highest BCUT2D eigenvalue weighted by molar-refractivity contribution is 5.80. The monoisotopic (exact) mass is 1040 g/mol. The number of allylic oxidation sites excluding steroid dienone is 4. The summed E-state index contributed by atoms with van der Waals surface area (Å²) in [5, 5.41) is 44.1. The van der Waals surface area contributed by atoms with Crippen LogP contribution in [0, 0.1) is 0 Å². The Balaban J connectivity index is 3.58. The molecule has 0 saturated heterocycles. The molecule has 4 unspecified atom stereocenters. The van der Waals surface area contributed by atoms with Gasteiger partial charge in [0.05, 0.1) is 18.8 Å².